The van der Waals surface area contributed by atoms with Crippen LogP contribution in [0.25, 0.3) is 0 Å². The number of rotatable bonds is 2. The van der Waals surface area contributed by atoms with Gasteiger partial charge in [0.25, 0.3) is 0 Å². The van der Waals surface area contributed by atoms with Crippen LogP contribution in [0.5, 0.6) is 0 Å². The number of morpholine rings is 1. The topological polar surface area (TPSA) is 51.4 Å². The quantitative estimate of drug-likeness (QED) is 0.848. The van der Waals surface area contributed by atoms with Crippen molar-refractivity contribution in [1.29, 1.82) is 0 Å². The van der Waals surface area contributed by atoms with E-state index in [2.05, 4.69) is 29.8 Å². The second kappa shape index (κ2) is 5.02. The van der Waals surface area contributed by atoms with Gasteiger partial charge >= 0.3 is 0 Å². The van der Waals surface area contributed by atoms with E-state index in [0.717, 1.165) is 24.5 Å². The van der Waals surface area contributed by atoms with E-state index in [0.29, 0.717) is 6.04 Å². The molecular weight excluding hydrogens is 214 g/mol. The highest BCUT2D eigenvalue weighted by atomic mass is 16.5. The van der Waals surface area contributed by atoms with E-state index in [9.17, 15) is 0 Å². The van der Waals surface area contributed by atoms with Crippen molar-refractivity contribution in [2.24, 2.45) is 5.73 Å². The van der Waals surface area contributed by atoms with Gasteiger partial charge in [0, 0.05) is 18.6 Å². The lowest BCUT2D eigenvalue weighted by Crippen LogP contribution is -2.47. The maximum absolute atomic E-state index is 5.80. The highest BCUT2D eigenvalue weighted by Crippen LogP contribution is 2.21. The number of ether oxygens (including phenoxy) is 1. The Morgan fingerprint density at radius 1 is 1.47 bits per heavy atom. The number of hydrogen-bond donors (Lipinski definition) is 1. The molecule has 0 amide bonds. The molecule has 1 aromatic heterocycles. The van der Waals surface area contributed by atoms with Crippen LogP contribution in [0.1, 0.15) is 32.5 Å². The van der Waals surface area contributed by atoms with Crippen molar-refractivity contribution < 1.29 is 4.74 Å². The predicted octanol–water partition coefficient (Wildman–Crippen LogP) is 1.71. The smallest absolute Gasteiger partial charge is 0.0723 e. The first kappa shape index (κ1) is 12.3. The van der Waals surface area contributed by atoms with Crippen molar-refractivity contribution in [3.05, 3.63) is 24.0 Å². The molecule has 94 valence electrons. The molecule has 1 saturated heterocycles. The molecule has 1 aliphatic rings. The molecule has 1 fully saturated rings. The Morgan fingerprint density at radius 3 is 2.82 bits per heavy atom. The fourth-order valence-electron chi connectivity index (χ4n) is 2.10. The third kappa shape index (κ3) is 2.76. The van der Waals surface area contributed by atoms with E-state index in [1.165, 1.54) is 0 Å². The first-order chi connectivity index (χ1) is 8.08. The molecule has 4 nitrogen and oxygen atoms in total. The standard InChI is InChI=1S/C13H21N3O/c1-9-8-17-10(2)7-16(9)12-4-5-13(11(3)14)15-6-12/h4-6,9-11H,7-8,14H2,1-3H3/t9?,10?,11-/m0/s1. The van der Waals surface area contributed by atoms with Crippen molar-refractivity contribution in [3.63, 3.8) is 0 Å². The third-order valence-corrected chi connectivity index (χ3v) is 3.18. The van der Waals surface area contributed by atoms with Gasteiger partial charge in [-0.25, -0.2) is 0 Å². The zero-order valence-corrected chi connectivity index (χ0v) is 10.8. The molecule has 0 bridgehead atoms. The van der Waals surface area contributed by atoms with Crippen LogP contribution < -0.4 is 10.6 Å². The Bertz CT molecular complexity index is 363. The molecule has 0 spiro atoms. The minimum Gasteiger partial charge on any atom is -0.375 e. The van der Waals surface area contributed by atoms with Crippen molar-refractivity contribution in [2.75, 3.05) is 18.1 Å². The highest BCUT2D eigenvalue weighted by Gasteiger charge is 2.23. The molecule has 2 N–H and O–H groups in total. The molecule has 0 aliphatic carbocycles. The summed E-state index contributed by atoms with van der Waals surface area (Å²) in [4.78, 5) is 6.74. The number of aromatic nitrogens is 1. The van der Waals surface area contributed by atoms with Gasteiger partial charge in [0.05, 0.1) is 30.3 Å². The zero-order chi connectivity index (χ0) is 12.4. The Morgan fingerprint density at radius 2 is 2.24 bits per heavy atom. The summed E-state index contributed by atoms with van der Waals surface area (Å²) >= 11 is 0. The second-order valence-electron chi connectivity index (χ2n) is 4.88. The average Bonchev–Trinajstić information content (AvgIpc) is 2.32. The zero-order valence-electron chi connectivity index (χ0n) is 10.8. The second-order valence-corrected chi connectivity index (χ2v) is 4.88. The van der Waals surface area contributed by atoms with Gasteiger partial charge in [0.1, 0.15) is 0 Å². The van der Waals surface area contributed by atoms with E-state index in [4.69, 9.17) is 10.5 Å². The molecule has 1 aromatic rings. The van der Waals surface area contributed by atoms with Crippen LogP contribution in [-0.4, -0.2) is 30.3 Å². The number of nitrogens with zero attached hydrogens (tertiary/aromatic N) is 2. The van der Waals surface area contributed by atoms with Crippen LogP contribution in [0.3, 0.4) is 0 Å². The van der Waals surface area contributed by atoms with Crippen LogP contribution >= 0.6 is 0 Å². The van der Waals surface area contributed by atoms with Crippen LogP contribution in [0.2, 0.25) is 0 Å². The van der Waals surface area contributed by atoms with Crippen LogP contribution in [0.4, 0.5) is 5.69 Å². The summed E-state index contributed by atoms with van der Waals surface area (Å²) in [7, 11) is 0. The Kier molecular flexibility index (Phi) is 3.64. The summed E-state index contributed by atoms with van der Waals surface area (Å²) in [5.74, 6) is 0. The third-order valence-electron chi connectivity index (χ3n) is 3.18. The van der Waals surface area contributed by atoms with Crippen molar-refractivity contribution in [1.82, 2.24) is 4.98 Å². The molecule has 3 atom stereocenters. The van der Waals surface area contributed by atoms with E-state index in [-0.39, 0.29) is 12.1 Å². The Hall–Kier alpha value is -1.13. The van der Waals surface area contributed by atoms with E-state index >= 15 is 0 Å². The highest BCUT2D eigenvalue weighted by molar-refractivity contribution is 5.46. The molecule has 0 radical (unpaired) electrons. The first-order valence-electron chi connectivity index (χ1n) is 6.17. The van der Waals surface area contributed by atoms with Gasteiger partial charge < -0.3 is 15.4 Å². The predicted molar refractivity (Wildman–Crippen MR) is 69.1 cm³/mol. The van der Waals surface area contributed by atoms with E-state index < -0.39 is 0 Å². The maximum atomic E-state index is 5.80. The summed E-state index contributed by atoms with van der Waals surface area (Å²) < 4.78 is 5.62. The number of anilines is 1. The number of hydrogen-bond acceptors (Lipinski definition) is 4. The summed E-state index contributed by atoms with van der Waals surface area (Å²) in [5.41, 5.74) is 7.88. The lowest BCUT2D eigenvalue weighted by molar-refractivity contribution is 0.0343. The monoisotopic (exact) mass is 235 g/mol. The molecule has 2 unspecified atom stereocenters. The van der Waals surface area contributed by atoms with Crippen LogP contribution in [0.15, 0.2) is 18.3 Å². The minimum atomic E-state index is -0.00918. The number of nitrogens with two attached hydrogens (primary N) is 1. The lowest BCUT2D eigenvalue weighted by Gasteiger charge is -2.38. The molecule has 17 heavy (non-hydrogen) atoms. The average molecular weight is 235 g/mol. The van der Waals surface area contributed by atoms with E-state index in [1.54, 1.807) is 0 Å². The molecule has 1 aliphatic heterocycles. The van der Waals surface area contributed by atoms with Gasteiger partial charge in [-0.1, -0.05) is 0 Å². The Labute approximate surface area is 103 Å². The summed E-state index contributed by atoms with van der Waals surface area (Å²) in [6, 6.07) is 4.49. The molecule has 2 heterocycles. The molecule has 4 heteroatoms. The van der Waals surface area contributed by atoms with Crippen LogP contribution in [-0.2, 0) is 4.74 Å². The van der Waals surface area contributed by atoms with Gasteiger partial charge in [-0.3, -0.25) is 4.98 Å². The van der Waals surface area contributed by atoms with Gasteiger partial charge in [-0.2, -0.15) is 0 Å². The van der Waals surface area contributed by atoms with Gasteiger partial charge in [-0.05, 0) is 32.9 Å². The lowest BCUT2D eigenvalue weighted by atomic mass is 10.1. The van der Waals surface area contributed by atoms with Gasteiger partial charge in [-0.15, -0.1) is 0 Å². The summed E-state index contributed by atoms with van der Waals surface area (Å²) in [6.45, 7) is 7.91. The SMILES string of the molecule is CC1CN(c2ccc([C@H](C)N)nc2)C(C)CO1. The normalized spacial score (nSPS) is 26.9. The van der Waals surface area contributed by atoms with Crippen molar-refractivity contribution in [3.8, 4) is 0 Å². The van der Waals surface area contributed by atoms with Crippen molar-refractivity contribution >= 4 is 5.69 Å². The van der Waals surface area contributed by atoms with Crippen LogP contribution in [0, 0.1) is 0 Å². The molecule has 2 rings (SSSR count). The largest absolute Gasteiger partial charge is 0.375 e. The fourth-order valence-corrected chi connectivity index (χ4v) is 2.10. The number of pyridine rings is 1. The van der Waals surface area contributed by atoms with E-state index in [1.807, 2.05) is 19.2 Å². The summed E-state index contributed by atoms with van der Waals surface area (Å²) in [6.07, 6.45) is 2.19. The first-order valence-corrected chi connectivity index (χ1v) is 6.17. The molecular formula is C13H21N3O. The van der Waals surface area contributed by atoms with Crippen molar-refractivity contribution in [2.45, 2.75) is 39.0 Å². The maximum Gasteiger partial charge on any atom is 0.0723 e. The summed E-state index contributed by atoms with van der Waals surface area (Å²) in [5, 5.41) is 0. The Balaban J connectivity index is 2.15. The minimum absolute atomic E-state index is 0.00918. The van der Waals surface area contributed by atoms with Gasteiger partial charge in [0.15, 0.2) is 0 Å². The molecule has 0 aromatic carbocycles. The van der Waals surface area contributed by atoms with Gasteiger partial charge in [0.2, 0.25) is 0 Å². The fraction of sp³-hybridized carbons (Fsp3) is 0.615. The molecule has 0 saturated carbocycles.